The van der Waals surface area contributed by atoms with Gasteiger partial charge in [0.25, 0.3) is 0 Å². The molecule has 0 saturated heterocycles. The van der Waals surface area contributed by atoms with E-state index in [0.29, 0.717) is 32.9 Å². The van der Waals surface area contributed by atoms with E-state index >= 15 is 13.2 Å². The summed E-state index contributed by atoms with van der Waals surface area (Å²) in [6.45, 7) is 0. The molecule has 0 unspecified atom stereocenters. The largest absolute Gasteiger partial charge is 0.417 e. The average molecular weight is 920 g/mol. The number of hydrogen-bond donors (Lipinski definition) is 0. The highest BCUT2D eigenvalue weighted by Crippen LogP contribution is 2.50. The number of hydrogen-bond acceptors (Lipinski definition) is 3. The summed E-state index contributed by atoms with van der Waals surface area (Å²) in [7, 11) is 0. The number of fused-ring (bicyclic) bond motifs is 6. The molecule has 68 heavy (non-hydrogen) atoms. The Morgan fingerprint density at radius 2 is 0.735 bits per heavy atom. The van der Waals surface area contributed by atoms with Crippen molar-refractivity contribution in [3.05, 3.63) is 199 Å². The summed E-state index contributed by atoms with van der Waals surface area (Å²) in [6, 6.07) is 45.8. The second-order valence-electron chi connectivity index (χ2n) is 16.1. The van der Waals surface area contributed by atoms with Gasteiger partial charge in [-0.1, -0.05) is 115 Å². The quantitative estimate of drug-likeness (QED) is 0.156. The van der Waals surface area contributed by atoms with E-state index in [0.717, 1.165) is 30.3 Å². The van der Waals surface area contributed by atoms with Crippen molar-refractivity contribution in [1.82, 2.24) is 24.1 Å². The lowest BCUT2D eigenvalue weighted by Gasteiger charge is -2.24. The fourth-order valence-electron chi connectivity index (χ4n) is 9.15. The predicted octanol–water partition coefficient (Wildman–Crippen LogP) is 15.8. The zero-order valence-electron chi connectivity index (χ0n) is 35.0. The normalized spacial score (nSPS) is 12.5. The molecular formula is C54H30F9N5. The van der Waals surface area contributed by atoms with E-state index in [-0.39, 0.29) is 61.8 Å². The van der Waals surface area contributed by atoms with Gasteiger partial charge in [-0.05, 0) is 66.7 Å². The lowest BCUT2D eigenvalue weighted by Crippen LogP contribution is -2.12. The maximum absolute atomic E-state index is 16.1. The molecule has 3 heterocycles. The standard InChI is InChI=1S/C54H30F9N5/c55-52(56,57)33-25-27-43-38(29-33)35-17-7-9-21-41(35)67(43)45-23-11-19-37(51-65-49(31-13-3-1-4-14-31)64-50(66-51)32-15-5-2-6-16-32)47(45)48-40(54(61,62)63)20-12-24-46(48)68-42-22-10-8-18-36(42)39-30-34(53(58,59)60)26-28-44(39)68/h1-30H. The van der Waals surface area contributed by atoms with Gasteiger partial charge in [0.2, 0.25) is 0 Å². The minimum Gasteiger partial charge on any atom is -0.309 e. The van der Waals surface area contributed by atoms with Crippen molar-refractivity contribution in [3.63, 3.8) is 0 Å². The van der Waals surface area contributed by atoms with Crippen molar-refractivity contribution >= 4 is 43.6 Å². The molecule has 0 aliphatic carbocycles. The predicted molar refractivity (Wildman–Crippen MR) is 245 cm³/mol. The highest BCUT2D eigenvalue weighted by molar-refractivity contribution is 6.12. The van der Waals surface area contributed by atoms with Crippen LogP contribution in [0.5, 0.6) is 0 Å². The van der Waals surface area contributed by atoms with Crippen LogP contribution in [-0.4, -0.2) is 24.1 Å². The molecule has 0 aliphatic rings. The third-order valence-electron chi connectivity index (χ3n) is 12.1. The van der Waals surface area contributed by atoms with Crippen molar-refractivity contribution < 1.29 is 39.5 Å². The topological polar surface area (TPSA) is 48.5 Å². The van der Waals surface area contributed by atoms with Gasteiger partial charge in [0.15, 0.2) is 17.5 Å². The third kappa shape index (κ3) is 7.11. The first-order valence-corrected chi connectivity index (χ1v) is 21.1. The molecule has 0 bridgehead atoms. The Hall–Kier alpha value is -8.26. The summed E-state index contributed by atoms with van der Waals surface area (Å²) in [5.41, 5.74) is -0.978. The van der Waals surface area contributed by atoms with Crippen molar-refractivity contribution in [2.45, 2.75) is 18.5 Å². The molecule has 0 atom stereocenters. The molecule has 0 amide bonds. The SMILES string of the molecule is FC(F)(F)c1ccc2c(c1)c1ccccc1n2-c1cccc(-c2nc(-c3ccccc3)nc(-c3ccccc3)n2)c1-c1c(-n2c3ccccc3c3cc(C(F)(F)F)ccc32)cccc1C(F)(F)F. The van der Waals surface area contributed by atoms with E-state index in [1.807, 2.05) is 12.1 Å². The van der Waals surface area contributed by atoms with Crippen LogP contribution < -0.4 is 0 Å². The van der Waals surface area contributed by atoms with E-state index in [9.17, 15) is 26.3 Å². The van der Waals surface area contributed by atoms with Crippen LogP contribution in [0.1, 0.15) is 16.7 Å². The minimum absolute atomic E-state index is 0.0327. The Kier molecular flexibility index (Phi) is 9.78. The molecule has 0 aliphatic heterocycles. The van der Waals surface area contributed by atoms with Gasteiger partial charge in [0, 0.05) is 49.4 Å². The Morgan fingerprint density at radius 1 is 0.324 bits per heavy atom. The number of benzene rings is 8. The van der Waals surface area contributed by atoms with Gasteiger partial charge in [-0.3, -0.25) is 0 Å². The van der Waals surface area contributed by atoms with Gasteiger partial charge in [-0.2, -0.15) is 39.5 Å². The van der Waals surface area contributed by atoms with E-state index in [1.54, 1.807) is 120 Å². The van der Waals surface area contributed by atoms with Gasteiger partial charge >= 0.3 is 18.5 Å². The molecule has 0 radical (unpaired) electrons. The number of alkyl halides is 9. The van der Waals surface area contributed by atoms with Crippen LogP contribution in [0.3, 0.4) is 0 Å². The smallest absolute Gasteiger partial charge is 0.309 e. The number of para-hydroxylation sites is 2. The summed E-state index contributed by atoms with van der Waals surface area (Å²) in [4.78, 5) is 14.7. The molecule has 8 aromatic carbocycles. The highest BCUT2D eigenvalue weighted by Gasteiger charge is 2.39. The van der Waals surface area contributed by atoms with Crippen LogP contribution >= 0.6 is 0 Å². The Labute approximate surface area is 380 Å². The molecule has 14 heteroatoms. The molecule has 0 N–H and O–H groups in total. The second-order valence-corrected chi connectivity index (χ2v) is 16.1. The fourth-order valence-corrected chi connectivity index (χ4v) is 9.15. The van der Waals surface area contributed by atoms with Gasteiger partial charge in [0.05, 0.1) is 50.1 Å². The van der Waals surface area contributed by atoms with E-state index in [4.69, 9.17) is 15.0 Å². The Balaban J connectivity index is 1.33. The van der Waals surface area contributed by atoms with E-state index in [1.165, 1.54) is 28.8 Å². The highest BCUT2D eigenvalue weighted by atomic mass is 19.4. The monoisotopic (exact) mass is 919 g/mol. The van der Waals surface area contributed by atoms with Crippen molar-refractivity contribution in [3.8, 4) is 56.7 Å². The summed E-state index contributed by atoms with van der Waals surface area (Å²) in [6.07, 6.45) is -14.5. The van der Waals surface area contributed by atoms with Crippen LogP contribution in [-0.2, 0) is 18.5 Å². The number of rotatable bonds is 6. The first-order valence-electron chi connectivity index (χ1n) is 21.1. The third-order valence-corrected chi connectivity index (χ3v) is 12.1. The molecule has 11 aromatic rings. The number of halogens is 9. The van der Waals surface area contributed by atoms with Crippen LogP contribution in [0.15, 0.2) is 182 Å². The van der Waals surface area contributed by atoms with Gasteiger partial charge in [0.1, 0.15) is 0 Å². The summed E-state index contributed by atoms with van der Waals surface area (Å²) >= 11 is 0. The molecule has 11 rings (SSSR count). The molecule has 0 fully saturated rings. The molecule has 0 saturated carbocycles. The van der Waals surface area contributed by atoms with Crippen molar-refractivity contribution in [2.75, 3.05) is 0 Å². The van der Waals surface area contributed by atoms with Crippen LogP contribution in [0.25, 0.3) is 100 Å². The molecule has 3 aromatic heterocycles. The maximum atomic E-state index is 16.1. The summed E-state index contributed by atoms with van der Waals surface area (Å²) in [5, 5.41) is 1.09. The minimum atomic E-state index is -5.05. The average Bonchev–Trinajstić information content (AvgIpc) is 3.85. The number of aromatic nitrogens is 5. The van der Waals surface area contributed by atoms with Crippen molar-refractivity contribution in [1.29, 1.82) is 0 Å². The summed E-state index contributed by atoms with van der Waals surface area (Å²) in [5.74, 6) is 0.374. The van der Waals surface area contributed by atoms with Gasteiger partial charge in [-0.25, -0.2) is 15.0 Å². The van der Waals surface area contributed by atoms with Crippen LogP contribution in [0.2, 0.25) is 0 Å². The molecular weight excluding hydrogens is 890 g/mol. The van der Waals surface area contributed by atoms with E-state index < -0.39 is 40.8 Å². The fraction of sp³-hybridized carbons (Fsp3) is 0.0556. The summed E-state index contributed by atoms with van der Waals surface area (Å²) < 4.78 is 137. The van der Waals surface area contributed by atoms with Crippen molar-refractivity contribution in [2.24, 2.45) is 0 Å². The maximum Gasteiger partial charge on any atom is 0.417 e. The molecule has 334 valence electrons. The van der Waals surface area contributed by atoms with Crippen LogP contribution in [0, 0.1) is 0 Å². The van der Waals surface area contributed by atoms with Gasteiger partial charge in [-0.15, -0.1) is 0 Å². The zero-order valence-corrected chi connectivity index (χ0v) is 35.0. The van der Waals surface area contributed by atoms with Gasteiger partial charge < -0.3 is 9.13 Å². The number of nitrogens with zero attached hydrogens (tertiary/aromatic N) is 5. The van der Waals surface area contributed by atoms with Crippen LogP contribution in [0.4, 0.5) is 39.5 Å². The lowest BCUT2D eigenvalue weighted by atomic mass is 9.90. The zero-order chi connectivity index (χ0) is 47.1. The Morgan fingerprint density at radius 3 is 1.21 bits per heavy atom. The lowest BCUT2D eigenvalue weighted by molar-refractivity contribution is -0.138. The molecule has 0 spiro atoms. The second kappa shape index (κ2) is 15.7. The molecule has 5 nitrogen and oxygen atoms in total. The Bertz CT molecular complexity index is 3700. The first kappa shape index (κ1) is 42.4. The van der Waals surface area contributed by atoms with E-state index in [2.05, 4.69) is 0 Å². The first-order chi connectivity index (χ1) is 32.6.